The van der Waals surface area contributed by atoms with Crippen molar-refractivity contribution in [1.29, 1.82) is 0 Å². The lowest BCUT2D eigenvalue weighted by molar-refractivity contribution is -0.130. The van der Waals surface area contributed by atoms with Crippen LogP contribution in [0.2, 0.25) is 0 Å². The summed E-state index contributed by atoms with van der Waals surface area (Å²) in [5.74, 6) is 0.895. The molecule has 1 amide bonds. The molecule has 1 aliphatic heterocycles. The van der Waals surface area contributed by atoms with Crippen LogP contribution in [0.25, 0.3) is 0 Å². The summed E-state index contributed by atoms with van der Waals surface area (Å²) in [4.78, 5) is 22.5. The molecule has 1 aliphatic rings. The van der Waals surface area contributed by atoms with Gasteiger partial charge >= 0.3 is 0 Å². The minimum absolute atomic E-state index is 0. The van der Waals surface area contributed by atoms with Gasteiger partial charge in [-0.15, -0.1) is 24.0 Å². The number of aliphatic imine (C=N–C) groups is 1. The molecular formula is C16H25IN4O. The summed E-state index contributed by atoms with van der Waals surface area (Å²) in [6.07, 6.45) is 0.930. The second-order valence-corrected chi connectivity index (χ2v) is 5.74. The van der Waals surface area contributed by atoms with Crippen LogP contribution in [-0.2, 0) is 17.8 Å². The molecule has 0 radical (unpaired) electrons. The summed E-state index contributed by atoms with van der Waals surface area (Å²) >= 11 is 0. The Morgan fingerprint density at radius 2 is 1.73 bits per heavy atom. The largest absolute Gasteiger partial charge is 0.349 e. The van der Waals surface area contributed by atoms with Crippen molar-refractivity contribution in [2.24, 2.45) is 4.99 Å². The van der Waals surface area contributed by atoms with Gasteiger partial charge in [-0.2, -0.15) is 0 Å². The number of hydrogen-bond donors (Lipinski definition) is 0. The monoisotopic (exact) mass is 416 g/mol. The van der Waals surface area contributed by atoms with Crippen molar-refractivity contribution in [2.45, 2.75) is 13.0 Å². The van der Waals surface area contributed by atoms with Crippen molar-refractivity contribution < 1.29 is 4.79 Å². The van der Waals surface area contributed by atoms with Crippen LogP contribution in [0, 0.1) is 0 Å². The number of guanidine groups is 1. The van der Waals surface area contributed by atoms with Crippen LogP contribution < -0.4 is 0 Å². The average molecular weight is 416 g/mol. The lowest BCUT2D eigenvalue weighted by Gasteiger charge is -2.29. The molecule has 0 bridgehead atoms. The number of hydrogen-bond acceptors (Lipinski definition) is 2. The molecule has 0 fully saturated rings. The van der Waals surface area contributed by atoms with Crippen LogP contribution in [0.1, 0.15) is 11.1 Å². The highest BCUT2D eigenvalue weighted by atomic mass is 127. The zero-order valence-corrected chi connectivity index (χ0v) is 16.1. The summed E-state index contributed by atoms with van der Waals surface area (Å²) < 4.78 is 0. The molecule has 6 heteroatoms. The average Bonchev–Trinajstić information content (AvgIpc) is 2.46. The highest BCUT2D eigenvalue weighted by molar-refractivity contribution is 14.0. The zero-order valence-electron chi connectivity index (χ0n) is 13.7. The molecule has 1 aromatic rings. The van der Waals surface area contributed by atoms with Crippen molar-refractivity contribution in [1.82, 2.24) is 14.7 Å². The van der Waals surface area contributed by atoms with Crippen LogP contribution in [-0.4, -0.2) is 67.8 Å². The third-order valence-corrected chi connectivity index (χ3v) is 3.64. The SMILES string of the molecule is CN(C)C(=NCC(=O)N1CCc2ccccc2C1)N(C)C.I. The predicted octanol–water partition coefficient (Wildman–Crippen LogP) is 1.67. The van der Waals surface area contributed by atoms with Gasteiger partial charge in [0.1, 0.15) is 6.54 Å². The Kier molecular flexibility index (Phi) is 7.12. The van der Waals surface area contributed by atoms with Crippen molar-refractivity contribution >= 4 is 35.8 Å². The van der Waals surface area contributed by atoms with Gasteiger partial charge in [0, 0.05) is 41.3 Å². The Labute approximate surface area is 150 Å². The Hall–Kier alpha value is -1.31. The van der Waals surface area contributed by atoms with E-state index in [0.29, 0.717) is 6.54 Å². The number of halogens is 1. The fourth-order valence-corrected chi connectivity index (χ4v) is 2.63. The van der Waals surface area contributed by atoms with E-state index < -0.39 is 0 Å². The first kappa shape index (κ1) is 18.7. The number of fused-ring (bicyclic) bond motifs is 1. The maximum atomic E-state index is 12.3. The maximum absolute atomic E-state index is 12.3. The molecule has 122 valence electrons. The smallest absolute Gasteiger partial charge is 0.244 e. The van der Waals surface area contributed by atoms with Gasteiger partial charge in [-0.1, -0.05) is 24.3 Å². The fourth-order valence-electron chi connectivity index (χ4n) is 2.63. The van der Waals surface area contributed by atoms with Gasteiger partial charge in [0.05, 0.1) is 0 Å². The molecule has 0 saturated carbocycles. The zero-order chi connectivity index (χ0) is 15.4. The molecule has 0 atom stereocenters. The predicted molar refractivity (Wildman–Crippen MR) is 101 cm³/mol. The minimum atomic E-state index is 0. The Morgan fingerprint density at radius 3 is 2.32 bits per heavy atom. The van der Waals surface area contributed by atoms with E-state index in [1.165, 1.54) is 11.1 Å². The van der Waals surface area contributed by atoms with Gasteiger partial charge in [-0.25, -0.2) is 4.99 Å². The maximum Gasteiger partial charge on any atom is 0.244 e. The molecule has 0 unspecified atom stereocenters. The van der Waals surface area contributed by atoms with Crippen LogP contribution in [0.4, 0.5) is 0 Å². The van der Waals surface area contributed by atoms with Crippen LogP contribution in [0.5, 0.6) is 0 Å². The van der Waals surface area contributed by atoms with E-state index in [1.54, 1.807) is 0 Å². The molecule has 5 nitrogen and oxygen atoms in total. The molecule has 1 heterocycles. The van der Waals surface area contributed by atoms with E-state index in [9.17, 15) is 4.79 Å². The summed E-state index contributed by atoms with van der Waals surface area (Å²) in [5, 5.41) is 0. The number of benzene rings is 1. The standard InChI is InChI=1S/C16H24N4O.HI/c1-18(2)16(19(3)4)17-11-15(21)20-10-9-13-7-5-6-8-14(13)12-20;/h5-8H,9-12H2,1-4H3;1H. The first-order valence-corrected chi connectivity index (χ1v) is 7.22. The highest BCUT2D eigenvalue weighted by Gasteiger charge is 2.20. The molecule has 0 saturated heterocycles. The lowest BCUT2D eigenvalue weighted by Crippen LogP contribution is -2.39. The molecular weight excluding hydrogens is 391 g/mol. The fraction of sp³-hybridized carbons (Fsp3) is 0.500. The second kappa shape index (κ2) is 8.36. The van der Waals surface area contributed by atoms with Crippen molar-refractivity contribution in [3.63, 3.8) is 0 Å². The van der Waals surface area contributed by atoms with Gasteiger partial charge in [0.2, 0.25) is 5.91 Å². The Morgan fingerprint density at radius 1 is 1.14 bits per heavy atom. The van der Waals surface area contributed by atoms with Gasteiger partial charge in [-0.3, -0.25) is 4.79 Å². The van der Waals surface area contributed by atoms with E-state index in [-0.39, 0.29) is 36.4 Å². The summed E-state index contributed by atoms with van der Waals surface area (Å²) in [6.45, 7) is 1.68. The van der Waals surface area contributed by atoms with Gasteiger partial charge in [0.25, 0.3) is 0 Å². The minimum Gasteiger partial charge on any atom is -0.349 e. The molecule has 0 spiro atoms. The lowest BCUT2D eigenvalue weighted by atomic mass is 10.00. The first-order chi connectivity index (χ1) is 9.99. The van der Waals surface area contributed by atoms with E-state index in [2.05, 4.69) is 23.2 Å². The van der Waals surface area contributed by atoms with Crippen molar-refractivity contribution in [3.05, 3.63) is 35.4 Å². The van der Waals surface area contributed by atoms with E-state index in [0.717, 1.165) is 18.9 Å². The number of rotatable bonds is 2. The second-order valence-electron chi connectivity index (χ2n) is 5.74. The molecule has 0 aromatic heterocycles. The van der Waals surface area contributed by atoms with Gasteiger partial charge in [-0.05, 0) is 17.5 Å². The molecule has 2 rings (SSSR count). The molecule has 22 heavy (non-hydrogen) atoms. The highest BCUT2D eigenvalue weighted by Crippen LogP contribution is 2.18. The third kappa shape index (κ3) is 4.59. The number of amides is 1. The Balaban J connectivity index is 0.00000242. The van der Waals surface area contributed by atoms with E-state index in [4.69, 9.17) is 0 Å². The summed E-state index contributed by atoms with van der Waals surface area (Å²) in [5.41, 5.74) is 2.61. The first-order valence-electron chi connectivity index (χ1n) is 7.22. The number of carbonyl (C=O) groups is 1. The number of nitrogens with zero attached hydrogens (tertiary/aromatic N) is 4. The molecule has 0 aliphatic carbocycles. The van der Waals surface area contributed by atoms with E-state index in [1.807, 2.05) is 49.0 Å². The summed E-state index contributed by atoms with van der Waals surface area (Å²) in [7, 11) is 7.72. The molecule has 1 aromatic carbocycles. The Bertz CT molecular complexity index is 533. The van der Waals surface area contributed by atoms with Gasteiger partial charge < -0.3 is 14.7 Å². The van der Waals surface area contributed by atoms with Crippen LogP contribution >= 0.6 is 24.0 Å². The van der Waals surface area contributed by atoms with Crippen LogP contribution in [0.15, 0.2) is 29.3 Å². The molecule has 0 N–H and O–H groups in total. The number of carbonyl (C=O) groups excluding carboxylic acids is 1. The van der Waals surface area contributed by atoms with Crippen molar-refractivity contribution in [3.8, 4) is 0 Å². The van der Waals surface area contributed by atoms with Crippen molar-refractivity contribution in [2.75, 3.05) is 41.3 Å². The third-order valence-electron chi connectivity index (χ3n) is 3.64. The quantitative estimate of drug-likeness (QED) is 0.419. The van der Waals surface area contributed by atoms with Gasteiger partial charge in [0.15, 0.2) is 5.96 Å². The summed E-state index contributed by atoms with van der Waals surface area (Å²) in [6, 6.07) is 8.33. The van der Waals surface area contributed by atoms with E-state index >= 15 is 0 Å². The normalized spacial score (nSPS) is 12.8. The topological polar surface area (TPSA) is 39.2 Å². The van der Waals surface area contributed by atoms with Crippen LogP contribution in [0.3, 0.4) is 0 Å².